The van der Waals surface area contributed by atoms with Crippen LogP contribution in [0.1, 0.15) is 35.4 Å². The highest BCUT2D eigenvalue weighted by Gasteiger charge is 2.22. The van der Waals surface area contributed by atoms with E-state index in [-0.39, 0.29) is 24.5 Å². The van der Waals surface area contributed by atoms with Gasteiger partial charge in [-0.25, -0.2) is 4.79 Å². The van der Waals surface area contributed by atoms with E-state index in [1.807, 2.05) is 91.0 Å². The molecule has 3 aromatic carbocycles. The summed E-state index contributed by atoms with van der Waals surface area (Å²) in [5.74, 6) is -0.467. The predicted octanol–water partition coefficient (Wildman–Crippen LogP) is 3.97. The molecule has 0 fully saturated rings. The van der Waals surface area contributed by atoms with Crippen molar-refractivity contribution in [2.24, 2.45) is 5.73 Å². The Morgan fingerprint density at radius 2 is 1.33 bits per heavy atom. The molecule has 0 aromatic heterocycles. The fourth-order valence-corrected chi connectivity index (χ4v) is 3.55. The van der Waals surface area contributed by atoms with Crippen LogP contribution in [0.15, 0.2) is 91.0 Å². The van der Waals surface area contributed by atoms with Gasteiger partial charge in [0.15, 0.2) is 0 Å². The normalized spacial score (nSPS) is 11.6. The standard InChI is InChI=1S/C27H31N3O3/c28-24(17-10-18-29-27(32)33-20-21-11-4-1-5-12-21)19-30-26(31)25(22-13-6-2-7-14-22)23-15-8-3-9-16-23/h1-9,11-16,24-25H,10,17-20,28H2,(H,29,32)(H,30,31)/t24-/m0/s1. The van der Waals surface area contributed by atoms with Crippen molar-refractivity contribution >= 4 is 12.0 Å². The van der Waals surface area contributed by atoms with E-state index in [4.69, 9.17) is 10.5 Å². The summed E-state index contributed by atoms with van der Waals surface area (Å²) in [4.78, 5) is 24.8. The number of ether oxygens (including phenoxy) is 1. The number of hydrogen-bond acceptors (Lipinski definition) is 4. The number of carbonyl (C=O) groups is 2. The van der Waals surface area contributed by atoms with Crippen LogP contribution in [-0.4, -0.2) is 31.1 Å². The summed E-state index contributed by atoms with van der Waals surface area (Å²) in [6.45, 7) is 1.07. The van der Waals surface area contributed by atoms with Gasteiger partial charge in [-0.05, 0) is 29.5 Å². The van der Waals surface area contributed by atoms with E-state index in [2.05, 4.69) is 10.6 Å². The van der Waals surface area contributed by atoms with Gasteiger partial charge in [-0.1, -0.05) is 91.0 Å². The van der Waals surface area contributed by atoms with Gasteiger partial charge < -0.3 is 21.1 Å². The fourth-order valence-electron chi connectivity index (χ4n) is 3.55. The topological polar surface area (TPSA) is 93.4 Å². The van der Waals surface area contributed by atoms with E-state index >= 15 is 0 Å². The molecule has 172 valence electrons. The van der Waals surface area contributed by atoms with E-state index in [9.17, 15) is 9.59 Å². The molecule has 0 radical (unpaired) electrons. The Kier molecular flexibility index (Phi) is 9.48. The van der Waals surface area contributed by atoms with Crippen molar-refractivity contribution < 1.29 is 14.3 Å². The quantitative estimate of drug-likeness (QED) is 0.389. The van der Waals surface area contributed by atoms with Crippen LogP contribution in [0, 0.1) is 0 Å². The van der Waals surface area contributed by atoms with Crippen LogP contribution in [0.25, 0.3) is 0 Å². The first-order chi connectivity index (χ1) is 16.1. The predicted molar refractivity (Wildman–Crippen MR) is 130 cm³/mol. The zero-order valence-corrected chi connectivity index (χ0v) is 18.7. The zero-order chi connectivity index (χ0) is 23.3. The van der Waals surface area contributed by atoms with Gasteiger partial charge in [-0.15, -0.1) is 0 Å². The summed E-state index contributed by atoms with van der Waals surface area (Å²) >= 11 is 0. The number of nitrogens with one attached hydrogen (secondary N) is 2. The molecule has 3 aromatic rings. The number of carbonyl (C=O) groups excluding carboxylic acids is 2. The van der Waals surface area contributed by atoms with E-state index in [1.165, 1.54) is 0 Å². The lowest BCUT2D eigenvalue weighted by molar-refractivity contribution is -0.121. The maximum atomic E-state index is 13.0. The highest BCUT2D eigenvalue weighted by molar-refractivity contribution is 5.87. The first-order valence-corrected chi connectivity index (χ1v) is 11.2. The minimum Gasteiger partial charge on any atom is -0.445 e. The van der Waals surface area contributed by atoms with Gasteiger partial charge in [0.2, 0.25) is 5.91 Å². The first kappa shape index (κ1) is 24.0. The third-order valence-corrected chi connectivity index (χ3v) is 5.30. The van der Waals surface area contributed by atoms with Crippen LogP contribution in [0.3, 0.4) is 0 Å². The van der Waals surface area contributed by atoms with Gasteiger partial charge in [-0.2, -0.15) is 0 Å². The minimum absolute atomic E-state index is 0.0783. The van der Waals surface area contributed by atoms with Crippen molar-refractivity contribution in [2.45, 2.75) is 31.4 Å². The molecule has 6 heteroatoms. The van der Waals surface area contributed by atoms with Gasteiger partial charge in [0.25, 0.3) is 0 Å². The van der Waals surface area contributed by atoms with Crippen molar-refractivity contribution in [1.29, 1.82) is 0 Å². The van der Waals surface area contributed by atoms with Crippen LogP contribution in [0.2, 0.25) is 0 Å². The summed E-state index contributed by atoms with van der Waals surface area (Å²) in [5, 5.41) is 5.72. The van der Waals surface area contributed by atoms with Crippen LogP contribution in [0.4, 0.5) is 4.79 Å². The largest absolute Gasteiger partial charge is 0.445 e. The van der Waals surface area contributed by atoms with Crippen molar-refractivity contribution in [2.75, 3.05) is 13.1 Å². The Morgan fingerprint density at radius 3 is 1.91 bits per heavy atom. The highest BCUT2D eigenvalue weighted by Crippen LogP contribution is 2.24. The van der Waals surface area contributed by atoms with E-state index in [0.29, 0.717) is 25.9 Å². The van der Waals surface area contributed by atoms with Gasteiger partial charge in [0.1, 0.15) is 6.61 Å². The third kappa shape index (κ3) is 8.09. The molecule has 6 nitrogen and oxygen atoms in total. The van der Waals surface area contributed by atoms with Crippen LogP contribution in [-0.2, 0) is 16.1 Å². The Hall–Kier alpha value is -3.64. The summed E-state index contributed by atoms with van der Waals surface area (Å²) in [5.41, 5.74) is 9.01. The van der Waals surface area contributed by atoms with Crippen molar-refractivity contribution in [3.05, 3.63) is 108 Å². The van der Waals surface area contributed by atoms with Crippen molar-refractivity contribution in [3.8, 4) is 0 Å². The van der Waals surface area contributed by atoms with Gasteiger partial charge in [0.05, 0.1) is 5.92 Å². The molecule has 0 aliphatic rings. The SMILES string of the molecule is N[C@@H](CCCNC(=O)OCc1ccccc1)CNC(=O)C(c1ccccc1)c1ccccc1. The Balaban J connectivity index is 1.39. The molecule has 3 rings (SSSR count). The first-order valence-electron chi connectivity index (χ1n) is 11.2. The summed E-state index contributed by atoms with van der Waals surface area (Å²) < 4.78 is 5.19. The van der Waals surface area contributed by atoms with E-state index in [0.717, 1.165) is 16.7 Å². The second kappa shape index (κ2) is 13.0. The molecule has 0 spiro atoms. The lowest BCUT2D eigenvalue weighted by atomic mass is 9.90. The number of benzene rings is 3. The Bertz CT molecular complexity index is 942. The van der Waals surface area contributed by atoms with Gasteiger partial charge in [-0.3, -0.25) is 4.79 Å². The molecule has 0 unspecified atom stereocenters. The molecule has 0 saturated carbocycles. The number of amides is 2. The third-order valence-electron chi connectivity index (χ3n) is 5.30. The lowest BCUT2D eigenvalue weighted by Gasteiger charge is -2.20. The molecule has 33 heavy (non-hydrogen) atoms. The molecule has 0 aliphatic heterocycles. The maximum absolute atomic E-state index is 13.0. The van der Waals surface area contributed by atoms with Gasteiger partial charge in [0, 0.05) is 19.1 Å². The molecule has 0 heterocycles. The molecule has 0 bridgehead atoms. The maximum Gasteiger partial charge on any atom is 0.407 e. The second-order valence-electron chi connectivity index (χ2n) is 7.89. The molecule has 0 saturated heterocycles. The fraction of sp³-hybridized carbons (Fsp3) is 0.259. The molecular weight excluding hydrogens is 414 g/mol. The van der Waals surface area contributed by atoms with Crippen molar-refractivity contribution in [1.82, 2.24) is 10.6 Å². The number of hydrogen-bond donors (Lipinski definition) is 3. The molecule has 1 atom stereocenters. The molecular formula is C27H31N3O3. The van der Waals surface area contributed by atoms with Crippen molar-refractivity contribution in [3.63, 3.8) is 0 Å². The average molecular weight is 446 g/mol. The van der Waals surface area contributed by atoms with E-state index < -0.39 is 6.09 Å². The van der Waals surface area contributed by atoms with Gasteiger partial charge >= 0.3 is 6.09 Å². The smallest absolute Gasteiger partial charge is 0.407 e. The Morgan fingerprint density at radius 1 is 0.788 bits per heavy atom. The average Bonchev–Trinajstić information content (AvgIpc) is 2.86. The molecule has 0 aliphatic carbocycles. The van der Waals surface area contributed by atoms with Crippen LogP contribution in [0.5, 0.6) is 0 Å². The second-order valence-corrected chi connectivity index (χ2v) is 7.89. The zero-order valence-electron chi connectivity index (χ0n) is 18.7. The summed E-state index contributed by atoms with van der Waals surface area (Å²) in [7, 11) is 0. The van der Waals surface area contributed by atoms with E-state index in [1.54, 1.807) is 0 Å². The highest BCUT2D eigenvalue weighted by atomic mass is 16.5. The number of alkyl carbamates (subject to hydrolysis) is 1. The monoisotopic (exact) mass is 445 g/mol. The van der Waals surface area contributed by atoms with Crippen LogP contribution < -0.4 is 16.4 Å². The molecule has 2 amide bonds. The summed E-state index contributed by atoms with van der Waals surface area (Å²) in [6, 6.07) is 28.8. The number of rotatable bonds is 11. The van der Waals surface area contributed by atoms with Crippen LogP contribution >= 0.6 is 0 Å². The minimum atomic E-state index is -0.450. The molecule has 4 N–H and O–H groups in total. The lowest BCUT2D eigenvalue weighted by Crippen LogP contribution is -2.40. The number of nitrogens with two attached hydrogens (primary N) is 1. The Labute approximate surface area is 195 Å². The summed E-state index contributed by atoms with van der Waals surface area (Å²) in [6.07, 6.45) is 0.910.